The van der Waals surface area contributed by atoms with E-state index in [-0.39, 0.29) is 30.0 Å². The maximum atomic E-state index is 14.2. The predicted octanol–water partition coefficient (Wildman–Crippen LogP) is 1.57. The molecule has 140 valence electrons. The van der Waals surface area contributed by atoms with Crippen molar-refractivity contribution in [2.24, 2.45) is 0 Å². The molecule has 1 aliphatic rings. The van der Waals surface area contributed by atoms with Crippen molar-refractivity contribution in [1.29, 1.82) is 0 Å². The lowest BCUT2D eigenvalue weighted by Crippen LogP contribution is -2.36. The number of likely N-dealkylation sites (tertiary alicyclic amines) is 1. The Labute approximate surface area is 148 Å². The number of halogens is 1. The summed E-state index contributed by atoms with van der Waals surface area (Å²) in [6.07, 6.45) is 0.0751. The van der Waals surface area contributed by atoms with Crippen LogP contribution in [0, 0.1) is 6.92 Å². The van der Waals surface area contributed by atoms with Crippen LogP contribution in [-0.4, -0.2) is 67.1 Å². The molecule has 0 bridgehead atoms. The highest BCUT2D eigenvalue weighted by Crippen LogP contribution is 2.28. The van der Waals surface area contributed by atoms with Gasteiger partial charge in [0.15, 0.2) is 5.67 Å². The van der Waals surface area contributed by atoms with Gasteiger partial charge in [-0.25, -0.2) is 12.8 Å². The van der Waals surface area contributed by atoms with Gasteiger partial charge in [-0.15, -0.1) is 0 Å². The first-order valence-corrected chi connectivity index (χ1v) is 9.82. The van der Waals surface area contributed by atoms with E-state index in [1.54, 1.807) is 26.8 Å². The molecule has 8 heteroatoms. The highest BCUT2D eigenvalue weighted by atomic mass is 32.2. The summed E-state index contributed by atoms with van der Waals surface area (Å²) < 4.78 is 40.8. The topological polar surface area (TPSA) is 77.9 Å². The molecule has 1 aliphatic heterocycles. The van der Waals surface area contributed by atoms with Gasteiger partial charge in [0.25, 0.3) is 5.91 Å². The summed E-state index contributed by atoms with van der Waals surface area (Å²) >= 11 is 0. The second kappa shape index (κ2) is 7.39. The largest absolute Gasteiger partial charge is 0.393 e. The van der Waals surface area contributed by atoms with Crippen molar-refractivity contribution in [1.82, 2.24) is 9.21 Å². The van der Waals surface area contributed by atoms with Crippen LogP contribution in [0.15, 0.2) is 23.1 Å². The third kappa shape index (κ3) is 3.86. The van der Waals surface area contributed by atoms with Crippen LogP contribution in [0.25, 0.3) is 0 Å². The minimum Gasteiger partial charge on any atom is -0.393 e. The van der Waals surface area contributed by atoms with Gasteiger partial charge in [-0.1, -0.05) is 19.9 Å². The molecule has 1 amide bonds. The summed E-state index contributed by atoms with van der Waals surface area (Å²) in [5.41, 5.74) is -0.909. The third-order valence-electron chi connectivity index (χ3n) is 4.66. The number of benzene rings is 1. The zero-order chi connectivity index (χ0) is 18.8. The molecular formula is C17H25FN2O4S. The second-order valence-electron chi connectivity index (χ2n) is 6.35. The van der Waals surface area contributed by atoms with Crippen molar-refractivity contribution in [3.05, 3.63) is 29.3 Å². The van der Waals surface area contributed by atoms with Crippen LogP contribution < -0.4 is 0 Å². The molecule has 2 rings (SSSR count). The van der Waals surface area contributed by atoms with Gasteiger partial charge >= 0.3 is 0 Å². The van der Waals surface area contributed by atoms with E-state index in [4.69, 9.17) is 5.11 Å². The number of alkyl halides is 1. The monoisotopic (exact) mass is 372 g/mol. The Hall–Kier alpha value is -1.51. The number of aliphatic hydroxyl groups excluding tert-OH is 1. The zero-order valence-electron chi connectivity index (χ0n) is 14.8. The molecule has 1 heterocycles. The van der Waals surface area contributed by atoms with Crippen LogP contribution in [0.2, 0.25) is 0 Å². The quantitative estimate of drug-likeness (QED) is 0.822. The van der Waals surface area contributed by atoms with Gasteiger partial charge in [-0.2, -0.15) is 4.31 Å². The fourth-order valence-electron chi connectivity index (χ4n) is 3.01. The molecule has 1 aromatic rings. The van der Waals surface area contributed by atoms with Gasteiger partial charge in [0.05, 0.1) is 18.0 Å². The number of aryl methyl sites for hydroxylation is 1. The fraction of sp³-hybridized carbons (Fsp3) is 0.588. The summed E-state index contributed by atoms with van der Waals surface area (Å²) in [5.74, 6) is -0.415. The first kappa shape index (κ1) is 19.8. The molecule has 0 aromatic heterocycles. The lowest BCUT2D eigenvalue weighted by Gasteiger charge is -2.22. The van der Waals surface area contributed by atoms with E-state index in [0.717, 1.165) is 0 Å². The fourth-order valence-corrected chi connectivity index (χ4v) is 4.50. The first-order chi connectivity index (χ1) is 11.7. The van der Waals surface area contributed by atoms with E-state index in [2.05, 4.69) is 0 Å². The Balaban J connectivity index is 2.36. The van der Waals surface area contributed by atoms with E-state index < -0.39 is 28.2 Å². The smallest absolute Gasteiger partial charge is 0.254 e. The van der Waals surface area contributed by atoms with Crippen molar-refractivity contribution >= 4 is 15.9 Å². The Bertz CT molecular complexity index is 749. The van der Waals surface area contributed by atoms with Gasteiger partial charge < -0.3 is 10.0 Å². The summed E-state index contributed by atoms with van der Waals surface area (Å²) in [6.45, 7) is 5.27. The number of hydrogen-bond acceptors (Lipinski definition) is 4. The van der Waals surface area contributed by atoms with E-state index >= 15 is 0 Å². The van der Waals surface area contributed by atoms with Gasteiger partial charge in [-0.05, 0) is 24.6 Å². The van der Waals surface area contributed by atoms with Crippen molar-refractivity contribution in [3.63, 3.8) is 0 Å². The Morgan fingerprint density at radius 3 is 2.52 bits per heavy atom. The van der Waals surface area contributed by atoms with Gasteiger partial charge in [0, 0.05) is 31.6 Å². The molecule has 1 fully saturated rings. The van der Waals surface area contributed by atoms with Crippen LogP contribution >= 0.6 is 0 Å². The number of hydrogen-bond donors (Lipinski definition) is 1. The number of amides is 1. The molecule has 1 unspecified atom stereocenters. The summed E-state index contributed by atoms with van der Waals surface area (Å²) in [5, 5.41) is 9.12. The van der Waals surface area contributed by atoms with E-state index in [1.807, 2.05) is 0 Å². The summed E-state index contributed by atoms with van der Waals surface area (Å²) in [4.78, 5) is 14.1. The van der Waals surface area contributed by atoms with Gasteiger partial charge in [-0.3, -0.25) is 4.79 Å². The normalized spacial score (nSPS) is 21.1. The average molecular weight is 372 g/mol. The van der Waals surface area contributed by atoms with Crippen LogP contribution in [0.4, 0.5) is 4.39 Å². The predicted molar refractivity (Wildman–Crippen MR) is 92.7 cm³/mol. The van der Waals surface area contributed by atoms with Crippen LogP contribution in [0.5, 0.6) is 0 Å². The maximum absolute atomic E-state index is 14.2. The molecule has 0 radical (unpaired) electrons. The van der Waals surface area contributed by atoms with E-state index in [1.165, 1.54) is 21.3 Å². The second-order valence-corrected chi connectivity index (χ2v) is 8.29. The van der Waals surface area contributed by atoms with Gasteiger partial charge in [0.2, 0.25) is 10.0 Å². The van der Waals surface area contributed by atoms with Crippen molar-refractivity contribution in [2.75, 3.05) is 32.8 Å². The number of nitrogens with zero attached hydrogens (tertiary/aromatic N) is 2. The molecule has 1 N–H and O–H groups in total. The Kier molecular flexibility index (Phi) is 5.86. The summed E-state index contributed by atoms with van der Waals surface area (Å²) in [7, 11) is -3.68. The standard InChI is InChI=1S/C17H25FN2O4S/c1-4-20(5-2)25(23,24)14-7-6-13(3)15(10-14)16(22)19-9-8-17(18,11-19)12-21/h6-7,10,21H,4-5,8-9,11-12H2,1-3H3. The first-order valence-electron chi connectivity index (χ1n) is 8.38. The maximum Gasteiger partial charge on any atom is 0.254 e. The highest BCUT2D eigenvalue weighted by molar-refractivity contribution is 7.89. The van der Waals surface area contributed by atoms with Crippen molar-refractivity contribution in [2.45, 2.75) is 37.8 Å². The third-order valence-corrected chi connectivity index (χ3v) is 6.70. The lowest BCUT2D eigenvalue weighted by atomic mass is 10.1. The van der Waals surface area contributed by atoms with E-state index in [9.17, 15) is 17.6 Å². The molecule has 1 saturated heterocycles. The van der Waals surface area contributed by atoms with Crippen LogP contribution in [-0.2, 0) is 10.0 Å². The molecule has 1 aromatic carbocycles. The highest BCUT2D eigenvalue weighted by Gasteiger charge is 2.40. The zero-order valence-corrected chi connectivity index (χ0v) is 15.6. The molecule has 25 heavy (non-hydrogen) atoms. The minimum absolute atomic E-state index is 0.0537. The number of aliphatic hydroxyl groups is 1. The van der Waals surface area contributed by atoms with E-state index in [0.29, 0.717) is 18.7 Å². The molecule has 0 saturated carbocycles. The number of rotatable bonds is 6. The summed E-state index contributed by atoms with van der Waals surface area (Å²) in [6, 6.07) is 4.44. The molecule has 1 atom stereocenters. The van der Waals surface area contributed by atoms with Crippen molar-refractivity contribution < 1.29 is 22.7 Å². The Morgan fingerprint density at radius 2 is 2.00 bits per heavy atom. The molecule has 0 aliphatic carbocycles. The minimum atomic E-state index is -3.68. The molecular weight excluding hydrogens is 347 g/mol. The number of carbonyl (C=O) groups excluding carboxylic acids is 1. The lowest BCUT2D eigenvalue weighted by molar-refractivity contribution is 0.0630. The molecule has 6 nitrogen and oxygen atoms in total. The van der Waals surface area contributed by atoms with Crippen LogP contribution in [0.1, 0.15) is 36.2 Å². The Morgan fingerprint density at radius 1 is 1.36 bits per heavy atom. The molecule has 0 spiro atoms. The number of carbonyl (C=O) groups is 1. The SMILES string of the molecule is CCN(CC)S(=O)(=O)c1ccc(C)c(C(=O)N2CCC(F)(CO)C2)c1. The average Bonchev–Trinajstić information content (AvgIpc) is 2.98. The number of sulfonamides is 1. The van der Waals surface area contributed by atoms with Crippen molar-refractivity contribution in [3.8, 4) is 0 Å². The van der Waals surface area contributed by atoms with Gasteiger partial charge in [0.1, 0.15) is 0 Å². The van der Waals surface area contributed by atoms with Crippen LogP contribution in [0.3, 0.4) is 0 Å².